The molecule has 2 aromatic carbocycles. The fourth-order valence-electron chi connectivity index (χ4n) is 4.31. The number of fused-ring (bicyclic) bond motifs is 2. The molecule has 162 valence electrons. The highest BCUT2D eigenvalue weighted by Crippen LogP contribution is 2.38. The molecule has 0 unspecified atom stereocenters. The summed E-state index contributed by atoms with van der Waals surface area (Å²) in [6, 6.07) is 12.5. The van der Waals surface area contributed by atoms with Crippen molar-refractivity contribution in [1.82, 2.24) is 9.80 Å². The maximum Gasteiger partial charge on any atom is 0.290 e. The van der Waals surface area contributed by atoms with Crippen molar-refractivity contribution in [2.45, 2.75) is 26.8 Å². The van der Waals surface area contributed by atoms with Gasteiger partial charge in [0.25, 0.3) is 5.91 Å². The molecule has 1 aliphatic rings. The van der Waals surface area contributed by atoms with Crippen LogP contribution in [0, 0.1) is 6.92 Å². The van der Waals surface area contributed by atoms with Gasteiger partial charge in [-0.1, -0.05) is 37.6 Å². The number of benzene rings is 2. The number of amides is 1. The molecule has 0 saturated heterocycles. The van der Waals surface area contributed by atoms with Crippen LogP contribution in [0.3, 0.4) is 0 Å². The molecule has 6 heteroatoms. The van der Waals surface area contributed by atoms with E-state index in [2.05, 4.69) is 18.7 Å². The third-order valence-corrected chi connectivity index (χ3v) is 6.08. The Labute approximate surface area is 182 Å². The van der Waals surface area contributed by atoms with Crippen LogP contribution >= 0.6 is 0 Å². The molecule has 0 radical (unpaired) electrons. The van der Waals surface area contributed by atoms with Crippen molar-refractivity contribution in [3.63, 3.8) is 0 Å². The SMILES string of the molecule is CCN(CC)CCN1C(=O)c2oc3ccc(C)cc3c(=O)c2[C@@H]1c1cccc(OC)c1. The van der Waals surface area contributed by atoms with E-state index in [0.717, 1.165) is 30.8 Å². The normalized spacial score (nSPS) is 15.7. The zero-order valence-electron chi connectivity index (χ0n) is 18.5. The van der Waals surface area contributed by atoms with Crippen LogP contribution in [-0.4, -0.2) is 49.0 Å². The zero-order valence-corrected chi connectivity index (χ0v) is 18.5. The van der Waals surface area contributed by atoms with Crippen LogP contribution in [0.25, 0.3) is 11.0 Å². The second-order valence-corrected chi connectivity index (χ2v) is 7.88. The number of ether oxygens (including phenoxy) is 1. The number of methoxy groups -OCH3 is 1. The van der Waals surface area contributed by atoms with Crippen LogP contribution in [0.1, 0.15) is 47.1 Å². The van der Waals surface area contributed by atoms with Gasteiger partial charge in [-0.3, -0.25) is 9.59 Å². The summed E-state index contributed by atoms with van der Waals surface area (Å²) in [4.78, 5) is 31.0. The molecule has 1 aromatic heterocycles. The second kappa shape index (κ2) is 8.55. The molecule has 31 heavy (non-hydrogen) atoms. The van der Waals surface area contributed by atoms with E-state index in [1.54, 1.807) is 18.1 Å². The number of hydrogen-bond acceptors (Lipinski definition) is 5. The van der Waals surface area contributed by atoms with Crippen molar-refractivity contribution >= 4 is 16.9 Å². The first-order valence-corrected chi connectivity index (χ1v) is 10.7. The van der Waals surface area contributed by atoms with Gasteiger partial charge < -0.3 is 19.0 Å². The van der Waals surface area contributed by atoms with Gasteiger partial charge in [-0.15, -0.1) is 0 Å². The molecule has 0 bridgehead atoms. The van der Waals surface area contributed by atoms with Gasteiger partial charge in [-0.25, -0.2) is 0 Å². The Kier molecular flexibility index (Phi) is 5.83. The highest BCUT2D eigenvalue weighted by Gasteiger charge is 2.42. The van der Waals surface area contributed by atoms with Crippen molar-refractivity contribution in [1.29, 1.82) is 0 Å². The minimum absolute atomic E-state index is 0.147. The van der Waals surface area contributed by atoms with Gasteiger partial charge in [0.15, 0.2) is 5.43 Å². The number of likely N-dealkylation sites (N-methyl/N-ethyl adjacent to an activating group) is 1. The summed E-state index contributed by atoms with van der Waals surface area (Å²) in [5, 5.41) is 0.505. The molecule has 1 aliphatic heterocycles. The lowest BCUT2D eigenvalue weighted by molar-refractivity contribution is 0.0708. The predicted molar refractivity (Wildman–Crippen MR) is 121 cm³/mol. The van der Waals surface area contributed by atoms with E-state index in [4.69, 9.17) is 9.15 Å². The first-order chi connectivity index (χ1) is 15.0. The van der Waals surface area contributed by atoms with E-state index in [1.807, 2.05) is 43.3 Å². The van der Waals surface area contributed by atoms with Crippen molar-refractivity contribution in [3.8, 4) is 5.75 Å². The largest absolute Gasteiger partial charge is 0.497 e. The van der Waals surface area contributed by atoms with E-state index >= 15 is 0 Å². The van der Waals surface area contributed by atoms with Crippen LogP contribution in [0.2, 0.25) is 0 Å². The zero-order chi connectivity index (χ0) is 22.1. The van der Waals surface area contributed by atoms with E-state index in [0.29, 0.717) is 28.8 Å². The highest BCUT2D eigenvalue weighted by molar-refractivity contribution is 5.99. The van der Waals surface area contributed by atoms with Crippen LogP contribution < -0.4 is 10.2 Å². The number of hydrogen-bond donors (Lipinski definition) is 0. The first-order valence-electron chi connectivity index (χ1n) is 10.7. The van der Waals surface area contributed by atoms with Gasteiger partial charge in [0, 0.05) is 13.1 Å². The number of carbonyl (C=O) groups is 1. The minimum Gasteiger partial charge on any atom is -0.497 e. The maximum absolute atomic E-state index is 13.6. The molecule has 1 amide bonds. The van der Waals surface area contributed by atoms with Crippen molar-refractivity contribution in [2.24, 2.45) is 0 Å². The van der Waals surface area contributed by atoms with Gasteiger partial charge in [0.05, 0.1) is 24.1 Å². The lowest BCUT2D eigenvalue weighted by Crippen LogP contribution is -2.37. The summed E-state index contributed by atoms with van der Waals surface area (Å²) >= 11 is 0. The van der Waals surface area contributed by atoms with Crippen LogP contribution in [0.4, 0.5) is 0 Å². The van der Waals surface area contributed by atoms with E-state index in [1.165, 1.54) is 0 Å². The molecule has 4 rings (SSSR count). The Hall–Kier alpha value is -3.12. The molecule has 0 saturated carbocycles. The summed E-state index contributed by atoms with van der Waals surface area (Å²) in [7, 11) is 1.61. The van der Waals surface area contributed by atoms with E-state index in [9.17, 15) is 9.59 Å². The third kappa shape index (κ3) is 3.72. The Balaban J connectivity index is 1.89. The Morgan fingerprint density at radius 1 is 1.10 bits per heavy atom. The van der Waals surface area contributed by atoms with Gasteiger partial charge in [0.2, 0.25) is 5.76 Å². The quantitative estimate of drug-likeness (QED) is 0.578. The Bertz CT molecular complexity index is 1180. The molecule has 6 nitrogen and oxygen atoms in total. The highest BCUT2D eigenvalue weighted by atomic mass is 16.5. The summed E-state index contributed by atoms with van der Waals surface area (Å²) in [6.45, 7) is 9.16. The number of carbonyl (C=O) groups excluding carboxylic acids is 1. The molecule has 1 atom stereocenters. The van der Waals surface area contributed by atoms with Crippen LogP contribution in [-0.2, 0) is 0 Å². The molecule has 0 spiro atoms. The molecule has 3 aromatic rings. The van der Waals surface area contributed by atoms with E-state index < -0.39 is 6.04 Å². The minimum atomic E-state index is -0.505. The van der Waals surface area contributed by atoms with Crippen molar-refractivity contribution in [2.75, 3.05) is 33.3 Å². The lowest BCUT2D eigenvalue weighted by atomic mass is 9.98. The van der Waals surface area contributed by atoms with Gasteiger partial charge in [-0.2, -0.15) is 0 Å². The van der Waals surface area contributed by atoms with Gasteiger partial charge in [0.1, 0.15) is 11.3 Å². The van der Waals surface area contributed by atoms with Crippen molar-refractivity contribution in [3.05, 3.63) is 75.1 Å². The average molecular weight is 421 g/mol. The van der Waals surface area contributed by atoms with Crippen molar-refractivity contribution < 1.29 is 13.9 Å². The summed E-state index contributed by atoms with van der Waals surface area (Å²) in [5.74, 6) is 0.589. The number of nitrogens with zero attached hydrogens (tertiary/aromatic N) is 2. The van der Waals surface area contributed by atoms with Gasteiger partial charge in [-0.05, 0) is 49.8 Å². The smallest absolute Gasteiger partial charge is 0.290 e. The van der Waals surface area contributed by atoms with Crippen LogP contribution in [0.5, 0.6) is 5.75 Å². The lowest BCUT2D eigenvalue weighted by Gasteiger charge is -2.28. The number of rotatable bonds is 7. The molecular weight excluding hydrogens is 392 g/mol. The Morgan fingerprint density at radius 3 is 2.58 bits per heavy atom. The predicted octanol–water partition coefficient (Wildman–Crippen LogP) is 4.00. The standard InChI is InChI=1S/C25H28N2O4/c1-5-26(6-2)12-13-27-22(17-8-7-9-18(15-17)30-4)21-23(28)19-14-16(3)10-11-20(19)31-24(21)25(27)29/h7-11,14-15,22H,5-6,12-13H2,1-4H3/t22-/m0/s1. The average Bonchev–Trinajstić information content (AvgIpc) is 3.07. The molecule has 0 aliphatic carbocycles. The summed E-state index contributed by atoms with van der Waals surface area (Å²) < 4.78 is 11.4. The molecule has 0 N–H and O–H groups in total. The maximum atomic E-state index is 13.6. The first kappa shape index (κ1) is 21.1. The molecule has 2 heterocycles. The second-order valence-electron chi connectivity index (χ2n) is 7.88. The molecular formula is C25H28N2O4. The van der Waals surface area contributed by atoms with Crippen LogP contribution in [0.15, 0.2) is 51.7 Å². The summed E-state index contributed by atoms with van der Waals surface area (Å²) in [6.07, 6.45) is 0. The third-order valence-electron chi connectivity index (χ3n) is 6.08. The van der Waals surface area contributed by atoms with E-state index in [-0.39, 0.29) is 17.1 Å². The Morgan fingerprint density at radius 2 is 1.87 bits per heavy atom. The monoisotopic (exact) mass is 420 g/mol. The topological polar surface area (TPSA) is 63.0 Å². The van der Waals surface area contributed by atoms with Gasteiger partial charge >= 0.3 is 0 Å². The fraction of sp³-hybridized carbons (Fsp3) is 0.360. The summed E-state index contributed by atoms with van der Waals surface area (Å²) in [5.41, 5.74) is 2.52. The number of aryl methyl sites for hydroxylation is 1. The molecule has 0 fully saturated rings. The fourth-order valence-corrected chi connectivity index (χ4v) is 4.31.